The van der Waals surface area contributed by atoms with Gasteiger partial charge in [-0.2, -0.15) is 0 Å². The first kappa shape index (κ1) is 18.0. The number of carbonyl (C=O) groups is 1. The van der Waals surface area contributed by atoms with Crippen molar-refractivity contribution >= 4 is 17.2 Å². The molecule has 140 valence electrons. The van der Waals surface area contributed by atoms with Gasteiger partial charge in [-0.15, -0.1) is 11.3 Å². The van der Waals surface area contributed by atoms with E-state index in [-0.39, 0.29) is 17.4 Å². The first-order valence-corrected chi connectivity index (χ1v) is 9.43. The minimum atomic E-state index is -0.358. The largest absolute Gasteiger partial charge is 0.347 e. The monoisotopic (exact) mass is 393 g/mol. The number of thiazole rings is 1. The number of amides is 1. The fourth-order valence-corrected chi connectivity index (χ4v) is 3.56. The van der Waals surface area contributed by atoms with Crippen LogP contribution in [0.1, 0.15) is 21.9 Å². The van der Waals surface area contributed by atoms with E-state index in [0.717, 1.165) is 17.2 Å². The maximum atomic E-state index is 13.9. The summed E-state index contributed by atoms with van der Waals surface area (Å²) in [7, 11) is 0. The lowest BCUT2D eigenvalue weighted by atomic mass is 10.2. The van der Waals surface area contributed by atoms with Crippen LogP contribution in [-0.2, 0) is 6.54 Å². The van der Waals surface area contributed by atoms with Crippen LogP contribution in [0, 0.1) is 12.7 Å². The fraction of sp³-hybridized carbons (Fsp3) is 0.100. The van der Waals surface area contributed by atoms with Crippen molar-refractivity contribution in [3.05, 3.63) is 83.3 Å². The van der Waals surface area contributed by atoms with Crippen molar-refractivity contribution in [1.29, 1.82) is 0 Å². The summed E-state index contributed by atoms with van der Waals surface area (Å²) in [5.74, 6) is 0.896. The normalized spacial score (nSPS) is 10.8. The van der Waals surface area contributed by atoms with Gasteiger partial charge in [-0.05, 0) is 36.8 Å². The van der Waals surface area contributed by atoms with Crippen LogP contribution in [0.15, 0.2) is 60.4 Å². The number of nitrogens with zero attached hydrogens (tertiary/aromatic N) is 4. The minimum Gasteiger partial charge on any atom is -0.347 e. The van der Waals surface area contributed by atoms with Crippen LogP contribution >= 0.6 is 11.3 Å². The Hall–Kier alpha value is -3.39. The van der Waals surface area contributed by atoms with Crippen molar-refractivity contribution in [2.24, 2.45) is 0 Å². The Kier molecular flexibility index (Phi) is 4.94. The van der Waals surface area contributed by atoms with Gasteiger partial charge in [0.2, 0.25) is 0 Å². The van der Waals surface area contributed by atoms with Crippen molar-refractivity contribution < 1.29 is 9.18 Å². The van der Waals surface area contributed by atoms with Crippen LogP contribution in [0.5, 0.6) is 0 Å². The Bertz CT molecular complexity index is 1140. The van der Waals surface area contributed by atoms with Crippen molar-refractivity contribution in [1.82, 2.24) is 24.8 Å². The first-order valence-electron chi connectivity index (χ1n) is 8.55. The molecule has 28 heavy (non-hydrogen) atoms. The molecule has 0 unspecified atom stereocenters. The molecule has 0 bridgehead atoms. The molecular weight excluding hydrogens is 377 g/mol. The molecule has 3 heterocycles. The summed E-state index contributed by atoms with van der Waals surface area (Å²) in [5.41, 5.74) is 1.56. The molecule has 1 N–H and O–H groups in total. The van der Waals surface area contributed by atoms with Gasteiger partial charge in [-0.1, -0.05) is 12.1 Å². The van der Waals surface area contributed by atoms with E-state index in [0.29, 0.717) is 17.1 Å². The molecule has 0 saturated carbocycles. The first-order chi connectivity index (χ1) is 13.6. The van der Waals surface area contributed by atoms with Crippen LogP contribution < -0.4 is 5.32 Å². The molecule has 1 amide bonds. The van der Waals surface area contributed by atoms with E-state index in [1.54, 1.807) is 36.0 Å². The summed E-state index contributed by atoms with van der Waals surface area (Å²) in [6.07, 6.45) is 5.23. The number of nitrogens with one attached hydrogen (secondary N) is 1. The molecule has 0 aliphatic carbocycles. The summed E-state index contributed by atoms with van der Waals surface area (Å²) < 4.78 is 15.8. The molecule has 4 rings (SSSR count). The predicted molar refractivity (Wildman–Crippen MR) is 105 cm³/mol. The van der Waals surface area contributed by atoms with Gasteiger partial charge in [0, 0.05) is 36.1 Å². The standard InChI is InChI=1S/C20H16FN5OS/c1-13-22-8-9-26(13)18-10-14(6-7-23-18)11-24-19(27)17-12-28-20(25-17)15-4-2-3-5-16(15)21/h2-10,12H,11H2,1H3,(H,24,27). The SMILES string of the molecule is Cc1nccn1-c1cc(CNC(=O)c2csc(-c3ccccc3F)n2)ccn1. The Balaban J connectivity index is 1.46. The maximum Gasteiger partial charge on any atom is 0.271 e. The van der Waals surface area contributed by atoms with E-state index in [1.807, 2.05) is 29.8 Å². The number of pyridine rings is 1. The van der Waals surface area contributed by atoms with E-state index < -0.39 is 0 Å². The lowest BCUT2D eigenvalue weighted by Crippen LogP contribution is -2.23. The third-order valence-electron chi connectivity index (χ3n) is 4.18. The van der Waals surface area contributed by atoms with Gasteiger partial charge in [-0.25, -0.2) is 19.3 Å². The Labute approximate surface area is 164 Å². The molecule has 8 heteroatoms. The molecule has 0 fully saturated rings. The van der Waals surface area contributed by atoms with Crippen LogP contribution in [0.2, 0.25) is 0 Å². The lowest BCUT2D eigenvalue weighted by Gasteiger charge is -2.07. The highest BCUT2D eigenvalue weighted by Gasteiger charge is 2.14. The lowest BCUT2D eigenvalue weighted by molar-refractivity contribution is 0.0946. The van der Waals surface area contributed by atoms with Crippen LogP contribution in [-0.4, -0.2) is 25.4 Å². The molecule has 1 aromatic carbocycles. The number of aromatic nitrogens is 4. The average molecular weight is 393 g/mol. The second kappa shape index (κ2) is 7.69. The van der Waals surface area contributed by atoms with Crippen molar-refractivity contribution in [2.75, 3.05) is 0 Å². The number of benzene rings is 1. The zero-order valence-electron chi connectivity index (χ0n) is 15.0. The zero-order valence-corrected chi connectivity index (χ0v) is 15.8. The van der Waals surface area contributed by atoms with Crippen molar-refractivity contribution in [3.8, 4) is 16.4 Å². The quantitative estimate of drug-likeness (QED) is 0.560. The highest BCUT2D eigenvalue weighted by atomic mass is 32.1. The highest BCUT2D eigenvalue weighted by molar-refractivity contribution is 7.13. The van der Waals surface area contributed by atoms with Gasteiger partial charge >= 0.3 is 0 Å². The molecule has 0 spiro atoms. The van der Waals surface area contributed by atoms with Crippen molar-refractivity contribution in [2.45, 2.75) is 13.5 Å². The van der Waals surface area contributed by atoms with E-state index in [4.69, 9.17) is 0 Å². The van der Waals surface area contributed by atoms with Gasteiger partial charge in [0.15, 0.2) is 0 Å². The number of halogens is 1. The summed E-state index contributed by atoms with van der Waals surface area (Å²) in [5, 5.41) is 4.95. The summed E-state index contributed by atoms with van der Waals surface area (Å²) in [6, 6.07) is 10.1. The van der Waals surface area contributed by atoms with Crippen LogP contribution in [0.4, 0.5) is 4.39 Å². The van der Waals surface area contributed by atoms with Gasteiger partial charge in [0.25, 0.3) is 5.91 Å². The summed E-state index contributed by atoms with van der Waals surface area (Å²) in [4.78, 5) is 25.2. The van der Waals surface area contributed by atoms with Gasteiger partial charge in [-0.3, -0.25) is 9.36 Å². The van der Waals surface area contributed by atoms with Crippen molar-refractivity contribution in [3.63, 3.8) is 0 Å². The molecule has 0 saturated heterocycles. The van der Waals surface area contributed by atoms with E-state index in [1.165, 1.54) is 17.4 Å². The van der Waals surface area contributed by atoms with Gasteiger partial charge in [0.05, 0.1) is 0 Å². The third kappa shape index (κ3) is 3.67. The molecule has 0 atom stereocenters. The molecule has 3 aromatic heterocycles. The van der Waals surface area contributed by atoms with Crippen LogP contribution in [0.25, 0.3) is 16.4 Å². The van der Waals surface area contributed by atoms with E-state index in [2.05, 4.69) is 20.3 Å². The number of hydrogen-bond donors (Lipinski definition) is 1. The second-order valence-corrected chi connectivity index (χ2v) is 6.93. The van der Waals surface area contributed by atoms with Gasteiger partial charge in [0.1, 0.15) is 28.2 Å². The second-order valence-electron chi connectivity index (χ2n) is 6.07. The Morgan fingerprint density at radius 1 is 1.21 bits per heavy atom. The maximum absolute atomic E-state index is 13.9. The number of rotatable bonds is 5. The average Bonchev–Trinajstić information content (AvgIpc) is 3.36. The van der Waals surface area contributed by atoms with E-state index in [9.17, 15) is 9.18 Å². The molecule has 4 aromatic rings. The predicted octanol–water partition coefficient (Wildman–Crippen LogP) is 3.77. The highest BCUT2D eigenvalue weighted by Crippen LogP contribution is 2.26. The Morgan fingerprint density at radius 3 is 2.86 bits per heavy atom. The molecule has 0 radical (unpaired) electrons. The number of aryl methyl sites for hydroxylation is 1. The fourth-order valence-electron chi connectivity index (χ4n) is 2.73. The summed E-state index contributed by atoms with van der Waals surface area (Å²) >= 11 is 1.24. The number of carbonyl (C=O) groups excluding carboxylic acids is 1. The Morgan fingerprint density at radius 2 is 2.07 bits per heavy atom. The summed E-state index contributed by atoms with van der Waals surface area (Å²) in [6.45, 7) is 2.22. The molecule has 0 aliphatic rings. The molecular formula is C20H16FN5OS. The number of hydrogen-bond acceptors (Lipinski definition) is 5. The third-order valence-corrected chi connectivity index (χ3v) is 5.05. The molecule has 0 aliphatic heterocycles. The van der Waals surface area contributed by atoms with Gasteiger partial charge < -0.3 is 5.32 Å². The molecule has 6 nitrogen and oxygen atoms in total. The minimum absolute atomic E-state index is 0.267. The van der Waals surface area contributed by atoms with Crippen LogP contribution in [0.3, 0.4) is 0 Å². The topological polar surface area (TPSA) is 72.7 Å². The van der Waals surface area contributed by atoms with E-state index >= 15 is 0 Å². The zero-order chi connectivity index (χ0) is 19.5. The number of imidazole rings is 1. The smallest absolute Gasteiger partial charge is 0.271 e.